The van der Waals surface area contributed by atoms with Crippen molar-refractivity contribution < 1.29 is 51.6 Å². The van der Waals surface area contributed by atoms with Crippen LogP contribution in [0.15, 0.2) is 59.2 Å². The van der Waals surface area contributed by atoms with E-state index in [1.807, 2.05) is 26.0 Å². The van der Waals surface area contributed by atoms with Gasteiger partial charge in [-0.25, -0.2) is 0 Å². The molecular formula is C21H24Cl2OTi. The second-order valence-electron chi connectivity index (χ2n) is 6.95. The standard InChI is InChI=1S/C21H24O.2ClH.Ti/c1-13-12-19(15(3)14(13)2)18-11-10-16-8-6-7-9-17(16)20(18)21(4,5)22;;;/h6-12,19,22H,1-5H3;2*1H;/q;;;+2/p-2. The minimum Gasteiger partial charge on any atom is -1.00 e. The minimum atomic E-state index is -0.866. The number of fused-ring (bicyclic) bond motifs is 1. The van der Waals surface area contributed by atoms with Gasteiger partial charge in [-0.1, -0.05) is 53.6 Å². The van der Waals surface area contributed by atoms with Gasteiger partial charge in [0.2, 0.25) is 0 Å². The minimum absolute atomic E-state index is 0. The zero-order chi connectivity index (χ0) is 16.1. The van der Waals surface area contributed by atoms with Crippen LogP contribution in [0.5, 0.6) is 0 Å². The molecule has 0 heterocycles. The molecule has 4 heteroatoms. The molecule has 1 N–H and O–H groups in total. The summed E-state index contributed by atoms with van der Waals surface area (Å²) in [5, 5.41) is 13.1. The number of allylic oxidation sites excluding steroid dienone is 4. The molecule has 0 bridgehead atoms. The number of hydrogen-bond donors (Lipinski definition) is 1. The van der Waals surface area contributed by atoms with Gasteiger partial charge in [0.25, 0.3) is 0 Å². The largest absolute Gasteiger partial charge is 2.00 e. The predicted molar refractivity (Wildman–Crippen MR) is 94.1 cm³/mol. The third-order valence-corrected chi connectivity index (χ3v) is 4.97. The Labute approximate surface area is 178 Å². The van der Waals surface area contributed by atoms with Gasteiger partial charge in [-0.3, -0.25) is 0 Å². The summed E-state index contributed by atoms with van der Waals surface area (Å²) in [4.78, 5) is 0. The van der Waals surface area contributed by atoms with Gasteiger partial charge in [-0.2, -0.15) is 0 Å². The second-order valence-corrected chi connectivity index (χ2v) is 6.95. The first-order valence-corrected chi connectivity index (χ1v) is 7.91. The van der Waals surface area contributed by atoms with Crippen molar-refractivity contribution in [2.24, 2.45) is 0 Å². The zero-order valence-electron chi connectivity index (χ0n) is 15.3. The average molecular weight is 411 g/mol. The summed E-state index contributed by atoms with van der Waals surface area (Å²) in [6, 6.07) is 12.7. The Morgan fingerprint density at radius 2 is 1.52 bits per heavy atom. The van der Waals surface area contributed by atoms with Crippen LogP contribution >= 0.6 is 0 Å². The van der Waals surface area contributed by atoms with E-state index in [0.29, 0.717) is 0 Å². The van der Waals surface area contributed by atoms with Gasteiger partial charge in [0.1, 0.15) is 0 Å². The maximum atomic E-state index is 10.8. The van der Waals surface area contributed by atoms with Gasteiger partial charge in [0, 0.05) is 5.92 Å². The van der Waals surface area contributed by atoms with Gasteiger partial charge in [0.15, 0.2) is 0 Å². The maximum absolute atomic E-state index is 10.8. The fourth-order valence-electron chi connectivity index (χ4n) is 3.60. The number of halogens is 2. The van der Waals surface area contributed by atoms with Gasteiger partial charge in [-0.15, -0.1) is 0 Å². The first-order chi connectivity index (χ1) is 10.3. The van der Waals surface area contributed by atoms with Crippen molar-refractivity contribution in [3.63, 3.8) is 0 Å². The Morgan fingerprint density at radius 3 is 2.04 bits per heavy atom. The molecule has 2 aromatic carbocycles. The van der Waals surface area contributed by atoms with Crippen molar-refractivity contribution in [3.05, 3.63) is 70.3 Å². The van der Waals surface area contributed by atoms with Gasteiger partial charge >= 0.3 is 21.7 Å². The quantitative estimate of drug-likeness (QED) is 0.659. The molecular weight excluding hydrogens is 387 g/mol. The molecule has 2 aromatic rings. The van der Waals surface area contributed by atoms with E-state index in [1.54, 1.807) is 0 Å². The molecule has 0 saturated heterocycles. The van der Waals surface area contributed by atoms with E-state index in [9.17, 15) is 5.11 Å². The Bertz CT molecular complexity index is 816. The fraction of sp³-hybridized carbons (Fsp3) is 0.333. The van der Waals surface area contributed by atoms with Crippen LogP contribution in [-0.2, 0) is 27.3 Å². The van der Waals surface area contributed by atoms with Crippen LogP contribution in [-0.4, -0.2) is 5.11 Å². The summed E-state index contributed by atoms with van der Waals surface area (Å²) in [6.45, 7) is 10.3. The van der Waals surface area contributed by atoms with E-state index in [4.69, 9.17) is 0 Å². The summed E-state index contributed by atoms with van der Waals surface area (Å²) in [5.41, 5.74) is 5.51. The van der Waals surface area contributed by atoms with E-state index >= 15 is 0 Å². The summed E-state index contributed by atoms with van der Waals surface area (Å²) >= 11 is 0. The van der Waals surface area contributed by atoms with Crippen molar-refractivity contribution in [3.8, 4) is 0 Å². The average Bonchev–Trinajstić information content (AvgIpc) is 2.72. The normalized spacial score (nSPS) is 16.7. The molecule has 0 amide bonds. The van der Waals surface area contributed by atoms with Crippen LogP contribution in [0.4, 0.5) is 0 Å². The Kier molecular flexibility index (Phi) is 8.68. The fourth-order valence-corrected chi connectivity index (χ4v) is 3.60. The number of rotatable bonds is 2. The Hall–Kier alpha value is -0.566. The third-order valence-electron chi connectivity index (χ3n) is 4.97. The van der Waals surface area contributed by atoms with E-state index in [-0.39, 0.29) is 52.4 Å². The molecule has 0 spiro atoms. The number of hydrogen-bond acceptors (Lipinski definition) is 1. The molecule has 0 aromatic heterocycles. The zero-order valence-corrected chi connectivity index (χ0v) is 18.4. The van der Waals surface area contributed by atoms with E-state index in [1.165, 1.54) is 27.7 Å². The van der Waals surface area contributed by atoms with Crippen LogP contribution in [0.1, 0.15) is 51.7 Å². The molecule has 132 valence electrons. The van der Waals surface area contributed by atoms with Gasteiger partial charge < -0.3 is 29.9 Å². The van der Waals surface area contributed by atoms with Crippen molar-refractivity contribution in [2.75, 3.05) is 0 Å². The first-order valence-electron chi connectivity index (χ1n) is 7.91. The molecule has 0 saturated carbocycles. The summed E-state index contributed by atoms with van der Waals surface area (Å²) in [5.74, 6) is 0.269. The molecule has 25 heavy (non-hydrogen) atoms. The topological polar surface area (TPSA) is 20.2 Å². The molecule has 0 fully saturated rings. The number of benzene rings is 2. The molecule has 3 rings (SSSR count). The molecule has 1 atom stereocenters. The van der Waals surface area contributed by atoms with Crippen molar-refractivity contribution >= 4 is 10.8 Å². The summed E-state index contributed by atoms with van der Waals surface area (Å²) in [7, 11) is 0. The van der Waals surface area contributed by atoms with Crippen LogP contribution < -0.4 is 24.8 Å². The second kappa shape index (κ2) is 8.88. The summed E-state index contributed by atoms with van der Waals surface area (Å²) < 4.78 is 0. The van der Waals surface area contributed by atoms with E-state index in [0.717, 1.165) is 10.9 Å². The van der Waals surface area contributed by atoms with Gasteiger partial charge in [-0.05, 0) is 62.1 Å². The van der Waals surface area contributed by atoms with Crippen LogP contribution in [0.25, 0.3) is 10.8 Å². The van der Waals surface area contributed by atoms with E-state index in [2.05, 4.69) is 51.1 Å². The van der Waals surface area contributed by atoms with Crippen molar-refractivity contribution in [1.29, 1.82) is 0 Å². The molecule has 1 nitrogen and oxygen atoms in total. The molecule has 1 aliphatic rings. The van der Waals surface area contributed by atoms with Crippen LogP contribution in [0.3, 0.4) is 0 Å². The first kappa shape index (κ1) is 24.4. The van der Waals surface area contributed by atoms with Crippen molar-refractivity contribution in [1.82, 2.24) is 0 Å². The maximum Gasteiger partial charge on any atom is 2.00 e. The van der Waals surface area contributed by atoms with E-state index < -0.39 is 5.60 Å². The number of aliphatic hydroxyl groups is 1. The monoisotopic (exact) mass is 410 g/mol. The van der Waals surface area contributed by atoms with Crippen LogP contribution in [0, 0.1) is 0 Å². The van der Waals surface area contributed by atoms with Crippen molar-refractivity contribution in [2.45, 2.75) is 46.1 Å². The predicted octanol–water partition coefficient (Wildman–Crippen LogP) is -0.547. The molecule has 0 radical (unpaired) electrons. The molecule has 1 unspecified atom stereocenters. The Balaban J connectivity index is 0.00000192. The summed E-state index contributed by atoms with van der Waals surface area (Å²) in [6.07, 6.45) is 2.32. The SMILES string of the molecule is CC1=CC(c2ccc3ccccc3c2C(C)(C)O)C(C)=C1C.[Cl-].[Cl-].[Ti+2]. The smallest absolute Gasteiger partial charge is 1.00 e. The Morgan fingerprint density at radius 1 is 0.920 bits per heavy atom. The molecule has 0 aliphatic heterocycles. The van der Waals surface area contributed by atoms with Gasteiger partial charge in [0.05, 0.1) is 5.60 Å². The molecule has 1 aliphatic carbocycles. The third kappa shape index (κ3) is 4.41. The van der Waals surface area contributed by atoms with Crippen LogP contribution in [0.2, 0.25) is 0 Å².